The Hall–Kier alpha value is -3.85. The summed E-state index contributed by atoms with van der Waals surface area (Å²) in [7, 11) is 0. The first-order valence-corrected chi connectivity index (χ1v) is 10.4. The number of anilines is 1. The highest BCUT2D eigenvalue weighted by Crippen LogP contribution is 2.15. The zero-order valence-electron chi connectivity index (χ0n) is 16.6. The number of nitrogens with zero attached hydrogens (tertiary/aromatic N) is 3. The highest BCUT2D eigenvalue weighted by Gasteiger charge is 2.13. The largest absolute Gasteiger partial charge is 0.456 e. The number of aromatic nitrogens is 3. The normalized spacial score (nSPS) is 10.7. The van der Waals surface area contributed by atoms with Crippen molar-refractivity contribution in [1.29, 1.82) is 0 Å². The van der Waals surface area contributed by atoms with E-state index in [-0.39, 0.29) is 23.6 Å². The van der Waals surface area contributed by atoms with Gasteiger partial charge in [-0.3, -0.25) is 9.59 Å². The molecule has 9 heteroatoms. The Morgan fingerprint density at radius 2 is 1.84 bits per heavy atom. The van der Waals surface area contributed by atoms with Gasteiger partial charge in [-0.2, -0.15) is 9.61 Å². The molecule has 0 fully saturated rings. The van der Waals surface area contributed by atoms with Crippen LogP contribution in [0.15, 0.2) is 65.5 Å². The molecule has 0 saturated heterocycles. The lowest BCUT2D eigenvalue weighted by molar-refractivity contribution is 0.0467. The van der Waals surface area contributed by atoms with E-state index >= 15 is 0 Å². The first-order chi connectivity index (χ1) is 15.0. The molecule has 4 rings (SSSR count). The predicted octanol–water partition coefficient (Wildman–Crippen LogP) is 3.32. The number of benzene rings is 2. The van der Waals surface area contributed by atoms with Gasteiger partial charge in [0.25, 0.3) is 11.5 Å². The summed E-state index contributed by atoms with van der Waals surface area (Å²) in [6.45, 7) is 1.80. The van der Waals surface area contributed by atoms with Gasteiger partial charge >= 0.3 is 5.97 Å². The van der Waals surface area contributed by atoms with Gasteiger partial charge in [-0.25, -0.2) is 9.78 Å². The highest BCUT2D eigenvalue weighted by atomic mass is 32.1. The summed E-state index contributed by atoms with van der Waals surface area (Å²) in [5.41, 5.74) is 1.28. The third-order valence-electron chi connectivity index (χ3n) is 4.39. The summed E-state index contributed by atoms with van der Waals surface area (Å²) in [5, 5.41) is 7.74. The Balaban J connectivity index is 1.44. The van der Waals surface area contributed by atoms with E-state index < -0.39 is 5.97 Å². The minimum absolute atomic E-state index is 0.148. The number of esters is 1. The molecule has 4 aromatic rings. The number of aryl methyl sites for hydroxylation is 1. The molecule has 0 atom stereocenters. The van der Waals surface area contributed by atoms with E-state index in [9.17, 15) is 14.4 Å². The number of hydrogen-bond donors (Lipinski definition) is 1. The van der Waals surface area contributed by atoms with Crippen LogP contribution in [0.25, 0.3) is 4.96 Å². The third-order valence-corrected chi connectivity index (χ3v) is 5.44. The zero-order chi connectivity index (χ0) is 21.8. The van der Waals surface area contributed by atoms with Gasteiger partial charge in [0.1, 0.15) is 11.6 Å². The van der Waals surface area contributed by atoms with Crippen molar-refractivity contribution in [2.24, 2.45) is 0 Å². The second-order valence-electron chi connectivity index (χ2n) is 6.61. The van der Waals surface area contributed by atoms with Crippen molar-refractivity contribution in [2.45, 2.75) is 20.0 Å². The Bertz CT molecular complexity index is 1310. The molecule has 2 aromatic carbocycles. The number of fused-ring (bicyclic) bond motifs is 1. The molecule has 0 bridgehead atoms. The average Bonchev–Trinajstić information content (AvgIpc) is 3.22. The molecule has 0 aliphatic carbocycles. The first-order valence-electron chi connectivity index (χ1n) is 9.56. The Labute approximate surface area is 181 Å². The summed E-state index contributed by atoms with van der Waals surface area (Å²) in [5.74, 6) is -0.864. The molecule has 0 aliphatic heterocycles. The summed E-state index contributed by atoms with van der Waals surface area (Å²) in [6.07, 6.45) is 0.703. The van der Waals surface area contributed by atoms with Gasteiger partial charge < -0.3 is 10.1 Å². The third kappa shape index (κ3) is 4.67. The maximum Gasteiger partial charge on any atom is 0.338 e. The summed E-state index contributed by atoms with van der Waals surface area (Å²) in [6, 6.07) is 16.5. The van der Waals surface area contributed by atoms with Gasteiger partial charge in [-0.15, -0.1) is 0 Å². The van der Waals surface area contributed by atoms with Gasteiger partial charge in [-0.1, -0.05) is 42.5 Å². The number of carbonyl (C=O) groups is 2. The van der Waals surface area contributed by atoms with Crippen molar-refractivity contribution in [1.82, 2.24) is 14.6 Å². The van der Waals surface area contributed by atoms with Crippen LogP contribution >= 0.6 is 11.3 Å². The zero-order valence-corrected chi connectivity index (χ0v) is 17.4. The van der Waals surface area contributed by atoms with Crippen molar-refractivity contribution in [3.8, 4) is 0 Å². The van der Waals surface area contributed by atoms with Crippen LogP contribution in [0.5, 0.6) is 0 Å². The van der Waals surface area contributed by atoms with Crippen LogP contribution in [0.4, 0.5) is 5.69 Å². The predicted molar refractivity (Wildman–Crippen MR) is 116 cm³/mol. The quantitative estimate of drug-likeness (QED) is 0.467. The molecule has 0 spiro atoms. The van der Waals surface area contributed by atoms with E-state index in [0.717, 1.165) is 5.01 Å². The van der Waals surface area contributed by atoms with Crippen LogP contribution in [0.3, 0.4) is 0 Å². The van der Waals surface area contributed by atoms with Crippen molar-refractivity contribution >= 4 is 33.9 Å². The van der Waals surface area contributed by atoms with Crippen LogP contribution in [0.1, 0.15) is 38.3 Å². The molecule has 156 valence electrons. The van der Waals surface area contributed by atoms with Crippen molar-refractivity contribution in [3.05, 3.63) is 92.8 Å². The number of ether oxygens (including phenoxy) is 1. The van der Waals surface area contributed by atoms with Gasteiger partial charge in [-0.05, 0) is 36.8 Å². The molecule has 0 aliphatic rings. The number of amides is 1. The first kappa shape index (κ1) is 20.4. The van der Waals surface area contributed by atoms with Gasteiger partial charge in [0.05, 0.1) is 11.3 Å². The lowest BCUT2D eigenvalue weighted by Gasteiger charge is -2.08. The summed E-state index contributed by atoms with van der Waals surface area (Å²) >= 11 is 1.32. The number of carbonyl (C=O) groups excluding carboxylic acids is 2. The number of rotatable bonds is 6. The molecular weight excluding hydrogens is 416 g/mol. The monoisotopic (exact) mass is 434 g/mol. The highest BCUT2D eigenvalue weighted by molar-refractivity contribution is 7.16. The van der Waals surface area contributed by atoms with E-state index in [2.05, 4.69) is 15.4 Å². The Morgan fingerprint density at radius 1 is 1.06 bits per heavy atom. The van der Waals surface area contributed by atoms with Crippen molar-refractivity contribution in [3.63, 3.8) is 0 Å². The maximum absolute atomic E-state index is 12.5. The van der Waals surface area contributed by atoms with E-state index in [1.807, 2.05) is 13.0 Å². The summed E-state index contributed by atoms with van der Waals surface area (Å²) < 4.78 is 6.56. The maximum atomic E-state index is 12.5. The lowest BCUT2D eigenvalue weighted by atomic mass is 10.1. The molecule has 1 N–H and O–H groups in total. The Kier molecular flexibility index (Phi) is 5.85. The van der Waals surface area contributed by atoms with Gasteiger partial charge in [0.2, 0.25) is 4.96 Å². The van der Waals surface area contributed by atoms with Crippen LogP contribution in [-0.4, -0.2) is 26.5 Å². The average molecular weight is 434 g/mol. The molecular formula is C22H18N4O4S. The fourth-order valence-electron chi connectivity index (χ4n) is 2.85. The molecule has 0 saturated carbocycles. The minimum Gasteiger partial charge on any atom is -0.456 e. The van der Waals surface area contributed by atoms with E-state index in [1.54, 1.807) is 42.5 Å². The van der Waals surface area contributed by atoms with Crippen LogP contribution < -0.4 is 10.9 Å². The topological polar surface area (TPSA) is 103 Å². The number of nitrogens with one attached hydrogen (secondary N) is 1. The fraction of sp³-hybridized carbons (Fsp3) is 0.136. The smallest absolute Gasteiger partial charge is 0.338 e. The summed E-state index contributed by atoms with van der Waals surface area (Å²) in [4.78, 5) is 41.8. The fourth-order valence-corrected chi connectivity index (χ4v) is 3.71. The second-order valence-corrected chi connectivity index (χ2v) is 7.65. The molecule has 0 unspecified atom stereocenters. The van der Waals surface area contributed by atoms with E-state index in [4.69, 9.17) is 4.74 Å². The molecule has 31 heavy (non-hydrogen) atoms. The second kappa shape index (κ2) is 8.88. The van der Waals surface area contributed by atoms with Crippen LogP contribution in [-0.2, 0) is 17.8 Å². The lowest BCUT2D eigenvalue weighted by Crippen LogP contribution is -2.17. The van der Waals surface area contributed by atoms with E-state index in [0.29, 0.717) is 28.3 Å². The molecule has 1 amide bonds. The molecule has 2 aromatic heterocycles. The van der Waals surface area contributed by atoms with Crippen LogP contribution in [0.2, 0.25) is 0 Å². The van der Waals surface area contributed by atoms with Crippen molar-refractivity contribution < 1.29 is 14.3 Å². The number of hydrogen-bond acceptors (Lipinski definition) is 7. The Morgan fingerprint density at radius 3 is 2.61 bits per heavy atom. The standard InChI is InChI=1S/C22H18N4O4S/c1-2-18-25-26-19(27)12-17(24-22(26)31-18)13-30-21(29)15-9-6-10-16(11-15)23-20(28)14-7-4-3-5-8-14/h3-12H,2,13H2,1H3,(H,23,28). The minimum atomic E-state index is -0.587. The SMILES string of the molecule is CCc1nn2c(=O)cc(COC(=O)c3cccc(NC(=O)c4ccccc4)c3)nc2s1. The van der Waals surface area contributed by atoms with Crippen molar-refractivity contribution in [2.75, 3.05) is 5.32 Å². The molecule has 8 nitrogen and oxygen atoms in total. The molecule has 0 radical (unpaired) electrons. The van der Waals surface area contributed by atoms with E-state index in [1.165, 1.54) is 28.0 Å². The van der Waals surface area contributed by atoms with Gasteiger partial charge in [0, 0.05) is 17.3 Å². The van der Waals surface area contributed by atoms with Gasteiger partial charge in [0.15, 0.2) is 0 Å². The molecule has 2 heterocycles. The van der Waals surface area contributed by atoms with Crippen LogP contribution in [0, 0.1) is 0 Å².